The molecular formula is C15H18O4S. The highest BCUT2D eigenvalue weighted by Gasteiger charge is 2.20. The fourth-order valence-corrected chi connectivity index (χ4v) is 2.75. The van der Waals surface area contributed by atoms with Gasteiger partial charge in [0.1, 0.15) is 24.2 Å². The second-order valence-electron chi connectivity index (χ2n) is 4.13. The first-order valence-corrected chi connectivity index (χ1v) is 7.16. The van der Waals surface area contributed by atoms with Gasteiger partial charge in [-0.1, -0.05) is 18.2 Å². The third-order valence-electron chi connectivity index (χ3n) is 2.88. The Morgan fingerprint density at radius 3 is 2.65 bits per heavy atom. The number of rotatable bonds is 7. The first-order chi connectivity index (χ1) is 9.77. The number of thiophene rings is 1. The van der Waals surface area contributed by atoms with Gasteiger partial charge in [-0.05, 0) is 17.5 Å². The second kappa shape index (κ2) is 7.28. The lowest BCUT2D eigenvalue weighted by Crippen LogP contribution is -2.08. The standard InChI is InChI=1S/C15H18O4S/c1-17-8-9-19-12-6-4-3-5-11(12)14(16)15-13(18-2)7-10-20-15/h3-7,10,14,16H,8-9H2,1-2H3. The Hall–Kier alpha value is -1.56. The first kappa shape index (κ1) is 14.8. The van der Waals surface area contributed by atoms with Crippen LogP contribution in [0.3, 0.4) is 0 Å². The zero-order valence-electron chi connectivity index (χ0n) is 11.5. The number of aliphatic hydroxyl groups is 1. The summed E-state index contributed by atoms with van der Waals surface area (Å²) in [5.41, 5.74) is 0.726. The van der Waals surface area contributed by atoms with E-state index < -0.39 is 6.10 Å². The van der Waals surface area contributed by atoms with Gasteiger partial charge >= 0.3 is 0 Å². The zero-order valence-corrected chi connectivity index (χ0v) is 12.4. The first-order valence-electron chi connectivity index (χ1n) is 6.28. The van der Waals surface area contributed by atoms with Crippen LogP contribution in [0.15, 0.2) is 35.7 Å². The number of para-hydroxylation sites is 1. The molecule has 1 unspecified atom stereocenters. The van der Waals surface area contributed by atoms with Crippen LogP contribution in [0.1, 0.15) is 16.5 Å². The zero-order chi connectivity index (χ0) is 14.4. The molecule has 1 heterocycles. The maximum absolute atomic E-state index is 10.5. The van der Waals surface area contributed by atoms with E-state index in [2.05, 4.69) is 0 Å². The molecule has 0 aliphatic carbocycles. The van der Waals surface area contributed by atoms with Gasteiger partial charge in [-0.15, -0.1) is 11.3 Å². The van der Waals surface area contributed by atoms with Gasteiger partial charge in [-0.2, -0.15) is 0 Å². The minimum Gasteiger partial charge on any atom is -0.495 e. The van der Waals surface area contributed by atoms with Crippen molar-refractivity contribution in [2.24, 2.45) is 0 Å². The molecule has 0 aliphatic rings. The Balaban J connectivity index is 2.23. The summed E-state index contributed by atoms with van der Waals surface area (Å²) >= 11 is 1.46. The predicted octanol–water partition coefficient (Wildman–Crippen LogP) is 2.86. The van der Waals surface area contributed by atoms with Gasteiger partial charge in [0.2, 0.25) is 0 Å². The van der Waals surface area contributed by atoms with Crippen LogP contribution in [0.2, 0.25) is 0 Å². The van der Waals surface area contributed by atoms with Gasteiger partial charge in [0, 0.05) is 12.7 Å². The summed E-state index contributed by atoms with van der Waals surface area (Å²) < 4.78 is 15.9. The third-order valence-corrected chi connectivity index (χ3v) is 3.83. The average Bonchev–Trinajstić information content (AvgIpc) is 2.96. The van der Waals surface area contributed by atoms with Crippen molar-refractivity contribution in [1.82, 2.24) is 0 Å². The molecule has 0 amide bonds. The summed E-state index contributed by atoms with van der Waals surface area (Å²) in [6, 6.07) is 9.30. The molecule has 1 N–H and O–H groups in total. The van der Waals surface area contributed by atoms with Gasteiger partial charge in [0.05, 0.1) is 18.6 Å². The van der Waals surface area contributed by atoms with E-state index in [9.17, 15) is 5.11 Å². The monoisotopic (exact) mass is 294 g/mol. The predicted molar refractivity (Wildman–Crippen MR) is 78.7 cm³/mol. The van der Waals surface area contributed by atoms with E-state index in [0.717, 1.165) is 10.4 Å². The van der Waals surface area contributed by atoms with Crippen molar-refractivity contribution in [2.45, 2.75) is 6.10 Å². The van der Waals surface area contributed by atoms with Crippen LogP contribution in [0.25, 0.3) is 0 Å². The van der Waals surface area contributed by atoms with Gasteiger partial charge in [0.15, 0.2) is 0 Å². The highest BCUT2D eigenvalue weighted by molar-refractivity contribution is 7.10. The fourth-order valence-electron chi connectivity index (χ4n) is 1.89. The summed E-state index contributed by atoms with van der Waals surface area (Å²) in [5.74, 6) is 1.35. The quantitative estimate of drug-likeness (QED) is 0.798. The van der Waals surface area contributed by atoms with E-state index in [-0.39, 0.29) is 0 Å². The lowest BCUT2D eigenvalue weighted by molar-refractivity contribution is 0.142. The largest absolute Gasteiger partial charge is 0.495 e. The van der Waals surface area contributed by atoms with Crippen LogP contribution in [-0.4, -0.2) is 32.5 Å². The Labute approximate surface area is 122 Å². The molecule has 2 rings (SSSR count). The van der Waals surface area contributed by atoms with E-state index in [4.69, 9.17) is 14.2 Å². The Morgan fingerprint density at radius 2 is 1.90 bits per heavy atom. The molecular weight excluding hydrogens is 276 g/mol. The molecule has 0 bridgehead atoms. The van der Waals surface area contributed by atoms with Gasteiger partial charge < -0.3 is 19.3 Å². The van der Waals surface area contributed by atoms with Crippen molar-refractivity contribution < 1.29 is 19.3 Å². The number of hydrogen-bond donors (Lipinski definition) is 1. The lowest BCUT2D eigenvalue weighted by Gasteiger charge is -2.16. The van der Waals surface area contributed by atoms with Crippen LogP contribution >= 0.6 is 11.3 Å². The topological polar surface area (TPSA) is 47.9 Å². The SMILES string of the molecule is COCCOc1ccccc1C(O)c1sccc1OC. The molecule has 5 heteroatoms. The minimum atomic E-state index is -0.760. The number of methoxy groups -OCH3 is 2. The van der Waals surface area contributed by atoms with Crippen LogP contribution in [0.5, 0.6) is 11.5 Å². The number of aliphatic hydroxyl groups excluding tert-OH is 1. The summed E-state index contributed by atoms with van der Waals surface area (Å²) in [5, 5.41) is 12.4. The minimum absolute atomic E-state index is 0.446. The Kier molecular flexibility index (Phi) is 5.40. The van der Waals surface area contributed by atoms with Crippen molar-refractivity contribution in [3.8, 4) is 11.5 Å². The van der Waals surface area contributed by atoms with Gasteiger partial charge in [0.25, 0.3) is 0 Å². The molecule has 108 valence electrons. The molecule has 20 heavy (non-hydrogen) atoms. The molecule has 0 saturated heterocycles. The lowest BCUT2D eigenvalue weighted by atomic mass is 10.1. The van der Waals surface area contributed by atoms with Crippen LogP contribution in [-0.2, 0) is 4.74 Å². The second-order valence-corrected chi connectivity index (χ2v) is 5.08. The van der Waals surface area contributed by atoms with Crippen molar-refractivity contribution in [3.05, 3.63) is 46.2 Å². The molecule has 0 saturated carbocycles. The molecule has 1 atom stereocenters. The van der Waals surface area contributed by atoms with E-state index >= 15 is 0 Å². The van der Waals surface area contributed by atoms with Crippen molar-refractivity contribution in [1.29, 1.82) is 0 Å². The van der Waals surface area contributed by atoms with Gasteiger partial charge in [-0.25, -0.2) is 0 Å². The maximum atomic E-state index is 10.5. The van der Waals surface area contributed by atoms with E-state index in [1.807, 2.05) is 35.7 Å². The van der Waals surface area contributed by atoms with E-state index in [1.54, 1.807) is 14.2 Å². The normalized spacial score (nSPS) is 12.2. The fraction of sp³-hybridized carbons (Fsp3) is 0.333. The Bertz CT molecular complexity index is 538. The summed E-state index contributed by atoms with van der Waals surface area (Å²) in [4.78, 5) is 0.773. The van der Waals surface area contributed by atoms with Crippen molar-refractivity contribution in [3.63, 3.8) is 0 Å². The smallest absolute Gasteiger partial charge is 0.135 e. The van der Waals surface area contributed by atoms with Gasteiger partial charge in [-0.3, -0.25) is 0 Å². The number of hydrogen-bond acceptors (Lipinski definition) is 5. The van der Waals surface area contributed by atoms with Crippen LogP contribution in [0.4, 0.5) is 0 Å². The third kappa shape index (κ3) is 3.30. The molecule has 0 fully saturated rings. The van der Waals surface area contributed by atoms with Crippen LogP contribution < -0.4 is 9.47 Å². The van der Waals surface area contributed by atoms with Crippen LogP contribution in [0, 0.1) is 0 Å². The number of ether oxygens (including phenoxy) is 3. The highest BCUT2D eigenvalue weighted by Crippen LogP contribution is 2.37. The average molecular weight is 294 g/mol. The van der Waals surface area contributed by atoms with Crippen molar-refractivity contribution >= 4 is 11.3 Å². The maximum Gasteiger partial charge on any atom is 0.135 e. The molecule has 4 nitrogen and oxygen atoms in total. The summed E-state index contributed by atoms with van der Waals surface area (Å²) in [7, 11) is 3.22. The molecule has 0 radical (unpaired) electrons. The van der Waals surface area contributed by atoms with Crippen molar-refractivity contribution in [2.75, 3.05) is 27.4 Å². The highest BCUT2D eigenvalue weighted by atomic mass is 32.1. The van der Waals surface area contributed by atoms with E-state index in [1.165, 1.54) is 11.3 Å². The van der Waals surface area contributed by atoms with E-state index in [0.29, 0.717) is 24.7 Å². The summed E-state index contributed by atoms with van der Waals surface area (Å²) in [6.07, 6.45) is -0.760. The molecule has 2 aromatic rings. The molecule has 0 aliphatic heterocycles. The summed E-state index contributed by atoms with van der Waals surface area (Å²) in [6.45, 7) is 0.953. The molecule has 0 spiro atoms. The molecule has 1 aromatic heterocycles. The molecule has 1 aromatic carbocycles. The number of benzene rings is 1. The Morgan fingerprint density at radius 1 is 1.10 bits per heavy atom.